The molecule has 0 aliphatic heterocycles. The molecule has 0 bridgehead atoms. The molecule has 0 amide bonds. The molecule has 2 nitrogen and oxygen atoms in total. The Labute approximate surface area is 99.0 Å². The summed E-state index contributed by atoms with van der Waals surface area (Å²) in [5.74, 6) is 0.949. The van der Waals surface area contributed by atoms with Gasteiger partial charge in [-0.05, 0) is 44.5 Å². The number of hydrogen-bond acceptors (Lipinski definition) is 2. The van der Waals surface area contributed by atoms with Gasteiger partial charge in [0.05, 0.1) is 6.10 Å². The Morgan fingerprint density at radius 2 is 1.75 bits per heavy atom. The van der Waals surface area contributed by atoms with Crippen molar-refractivity contribution >= 4 is 0 Å². The molecule has 1 aromatic rings. The van der Waals surface area contributed by atoms with Crippen LogP contribution in [0.4, 0.5) is 0 Å². The molecule has 90 valence electrons. The fourth-order valence-corrected chi connectivity index (χ4v) is 1.80. The van der Waals surface area contributed by atoms with Crippen LogP contribution in [-0.4, -0.2) is 12.6 Å². The van der Waals surface area contributed by atoms with Crippen LogP contribution in [0, 0.1) is 0 Å². The summed E-state index contributed by atoms with van der Waals surface area (Å²) < 4.78 is 5.62. The van der Waals surface area contributed by atoms with Crippen molar-refractivity contribution in [1.82, 2.24) is 5.32 Å². The zero-order chi connectivity index (χ0) is 12.0. The lowest BCUT2D eigenvalue weighted by atomic mass is 10.0. The van der Waals surface area contributed by atoms with E-state index in [4.69, 9.17) is 4.74 Å². The number of benzene rings is 1. The highest BCUT2D eigenvalue weighted by atomic mass is 16.5. The Hall–Kier alpha value is -1.02. The van der Waals surface area contributed by atoms with Crippen LogP contribution in [0.3, 0.4) is 0 Å². The molecule has 1 N–H and O–H groups in total. The molecule has 0 aliphatic carbocycles. The van der Waals surface area contributed by atoms with Crippen LogP contribution in [0.25, 0.3) is 0 Å². The molecule has 1 rings (SSSR count). The lowest BCUT2D eigenvalue weighted by Crippen LogP contribution is -2.19. The standard InChI is InChI=1S/C14H23NO/c1-5-14(15-6-2)12-7-9-13(10-8-12)16-11(3)4/h7-11,14-15H,5-6H2,1-4H3. The summed E-state index contributed by atoms with van der Waals surface area (Å²) in [6.45, 7) is 9.43. The van der Waals surface area contributed by atoms with Gasteiger partial charge in [-0.1, -0.05) is 26.0 Å². The van der Waals surface area contributed by atoms with Gasteiger partial charge in [0.15, 0.2) is 0 Å². The number of hydrogen-bond donors (Lipinski definition) is 1. The molecule has 2 heteroatoms. The van der Waals surface area contributed by atoms with Crippen molar-refractivity contribution in [2.24, 2.45) is 0 Å². The summed E-state index contributed by atoms with van der Waals surface area (Å²) in [6.07, 6.45) is 1.35. The highest BCUT2D eigenvalue weighted by molar-refractivity contribution is 5.29. The Morgan fingerprint density at radius 3 is 2.19 bits per heavy atom. The minimum absolute atomic E-state index is 0.238. The van der Waals surface area contributed by atoms with Gasteiger partial charge < -0.3 is 10.1 Å². The first-order valence-electron chi connectivity index (χ1n) is 6.17. The second-order valence-electron chi connectivity index (χ2n) is 4.25. The summed E-state index contributed by atoms with van der Waals surface area (Å²) in [5, 5.41) is 3.47. The Bertz CT molecular complexity index is 292. The van der Waals surface area contributed by atoms with Crippen molar-refractivity contribution in [3.05, 3.63) is 29.8 Å². The lowest BCUT2D eigenvalue weighted by Gasteiger charge is -2.17. The molecule has 0 radical (unpaired) electrons. The largest absolute Gasteiger partial charge is 0.491 e. The second-order valence-corrected chi connectivity index (χ2v) is 4.25. The van der Waals surface area contributed by atoms with Crippen molar-refractivity contribution in [1.29, 1.82) is 0 Å². The van der Waals surface area contributed by atoms with Crippen molar-refractivity contribution in [3.8, 4) is 5.75 Å². The third-order valence-electron chi connectivity index (χ3n) is 2.51. The monoisotopic (exact) mass is 221 g/mol. The summed E-state index contributed by atoms with van der Waals surface area (Å²) in [6, 6.07) is 8.85. The number of rotatable bonds is 6. The molecule has 0 heterocycles. The molecule has 0 aliphatic rings. The Balaban J connectivity index is 2.69. The summed E-state index contributed by atoms with van der Waals surface area (Å²) in [5.41, 5.74) is 1.33. The SMILES string of the molecule is CCNC(CC)c1ccc(OC(C)C)cc1. The fourth-order valence-electron chi connectivity index (χ4n) is 1.80. The van der Waals surface area contributed by atoms with Crippen LogP contribution >= 0.6 is 0 Å². The zero-order valence-electron chi connectivity index (χ0n) is 10.8. The van der Waals surface area contributed by atoms with E-state index >= 15 is 0 Å². The van der Waals surface area contributed by atoms with E-state index < -0.39 is 0 Å². The third-order valence-corrected chi connectivity index (χ3v) is 2.51. The minimum atomic E-state index is 0.238. The predicted octanol–water partition coefficient (Wildman–Crippen LogP) is 3.53. The zero-order valence-corrected chi connectivity index (χ0v) is 10.8. The van der Waals surface area contributed by atoms with Gasteiger partial charge in [0.25, 0.3) is 0 Å². The molecule has 0 spiro atoms. The smallest absolute Gasteiger partial charge is 0.119 e. The fraction of sp³-hybridized carbons (Fsp3) is 0.571. The number of ether oxygens (including phenoxy) is 1. The normalized spacial score (nSPS) is 12.8. The van der Waals surface area contributed by atoms with Crippen molar-refractivity contribution in [2.75, 3.05) is 6.54 Å². The van der Waals surface area contributed by atoms with Gasteiger partial charge in [0.2, 0.25) is 0 Å². The van der Waals surface area contributed by atoms with Gasteiger partial charge in [-0.15, -0.1) is 0 Å². The maximum atomic E-state index is 5.62. The van der Waals surface area contributed by atoms with Crippen molar-refractivity contribution < 1.29 is 4.74 Å². The molecule has 1 atom stereocenters. The van der Waals surface area contributed by atoms with E-state index in [0.717, 1.165) is 18.7 Å². The highest BCUT2D eigenvalue weighted by Crippen LogP contribution is 2.20. The average Bonchev–Trinajstić information content (AvgIpc) is 2.26. The van der Waals surface area contributed by atoms with Gasteiger partial charge in [-0.3, -0.25) is 0 Å². The van der Waals surface area contributed by atoms with E-state index in [2.05, 4.69) is 43.4 Å². The van der Waals surface area contributed by atoms with Crippen molar-refractivity contribution in [2.45, 2.75) is 46.3 Å². The van der Waals surface area contributed by atoms with Crippen LogP contribution in [-0.2, 0) is 0 Å². The van der Waals surface area contributed by atoms with Gasteiger partial charge in [-0.25, -0.2) is 0 Å². The summed E-state index contributed by atoms with van der Waals surface area (Å²) in [7, 11) is 0. The molecule has 0 saturated carbocycles. The van der Waals surface area contributed by atoms with Gasteiger partial charge >= 0.3 is 0 Å². The Morgan fingerprint density at radius 1 is 1.12 bits per heavy atom. The molecular weight excluding hydrogens is 198 g/mol. The van der Waals surface area contributed by atoms with Gasteiger partial charge in [-0.2, -0.15) is 0 Å². The number of nitrogens with one attached hydrogen (secondary N) is 1. The van der Waals surface area contributed by atoms with E-state index in [0.29, 0.717) is 6.04 Å². The topological polar surface area (TPSA) is 21.3 Å². The predicted molar refractivity (Wildman–Crippen MR) is 68.9 cm³/mol. The third kappa shape index (κ3) is 3.86. The molecule has 1 unspecified atom stereocenters. The van der Waals surface area contributed by atoms with Gasteiger partial charge in [0, 0.05) is 6.04 Å². The van der Waals surface area contributed by atoms with Crippen LogP contribution in [0.5, 0.6) is 5.75 Å². The van der Waals surface area contributed by atoms with Crippen molar-refractivity contribution in [3.63, 3.8) is 0 Å². The molecule has 1 aromatic carbocycles. The summed E-state index contributed by atoms with van der Waals surface area (Å²) >= 11 is 0. The Kier molecular flexibility index (Phi) is 5.33. The van der Waals surface area contributed by atoms with E-state index in [1.807, 2.05) is 13.8 Å². The van der Waals surface area contributed by atoms with E-state index in [9.17, 15) is 0 Å². The lowest BCUT2D eigenvalue weighted by molar-refractivity contribution is 0.242. The minimum Gasteiger partial charge on any atom is -0.491 e. The van der Waals surface area contributed by atoms with E-state index in [-0.39, 0.29) is 6.10 Å². The van der Waals surface area contributed by atoms with Crippen LogP contribution in [0.15, 0.2) is 24.3 Å². The first-order valence-corrected chi connectivity index (χ1v) is 6.17. The quantitative estimate of drug-likeness (QED) is 0.793. The summed E-state index contributed by atoms with van der Waals surface area (Å²) in [4.78, 5) is 0. The highest BCUT2D eigenvalue weighted by Gasteiger charge is 2.07. The van der Waals surface area contributed by atoms with Crippen LogP contribution < -0.4 is 10.1 Å². The average molecular weight is 221 g/mol. The van der Waals surface area contributed by atoms with Gasteiger partial charge in [0.1, 0.15) is 5.75 Å². The second kappa shape index (κ2) is 6.54. The molecular formula is C14H23NO. The molecule has 0 saturated heterocycles. The molecule has 0 fully saturated rings. The molecule has 0 aromatic heterocycles. The van der Waals surface area contributed by atoms with Crippen LogP contribution in [0.1, 0.15) is 45.7 Å². The van der Waals surface area contributed by atoms with E-state index in [1.54, 1.807) is 0 Å². The van der Waals surface area contributed by atoms with E-state index in [1.165, 1.54) is 5.56 Å². The molecule has 16 heavy (non-hydrogen) atoms. The van der Waals surface area contributed by atoms with Crippen LogP contribution in [0.2, 0.25) is 0 Å². The maximum Gasteiger partial charge on any atom is 0.119 e. The maximum absolute atomic E-state index is 5.62. The first-order chi connectivity index (χ1) is 7.67. The first kappa shape index (κ1) is 13.0.